The Balaban J connectivity index is 1.53. The zero-order valence-electron chi connectivity index (χ0n) is 24.9. The number of para-hydroxylation sites is 2. The first-order valence-corrected chi connectivity index (χ1v) is 14.6. The molecule has 0 aliphatic carbocycles. The second-order valence-corrected chi connectivity index (χ2v) is 10.2. The summed E-state index contributed by atoms with van der Waals surface area (Å²) in [6, 6.07) is 34.5. The summed E-state index contributed by atoms with van der Waals surface area (Å²) < 4.78 is 12.1. The minimum absolute atomic E-state index is 0.193. The molecular formula is C36H40N2O4. The molecule has 4 aromatic rings. The van der Waals surface area contributed by atoms with Crippen molar-refractivity contribution in [2.75, 3.05) is 22.9 Å². The number of carbonyl (C=O) groups is 2. The average molecular weight is 565 g/mol. The predicted molar refractivity (Wildman–Crippen MR) is 169 cm³/mol. The van der Waals surface area contributed by atoms with Gasteiger partial charge in [0, 0.05) is 24.5 Å². The van der Waals surface area contributed by atoms with Gasteiger partial charge < -0.3 is 19.3 Å². The van der Waals surface area contributed by atoms with Gasteiger partial charge >= 0.3 is 0 Å². The number of hydrogen-bond donors (Lipinski definition) is 0. The Kier molecular flexibility index (Phi) is 10.8. The van der Waals surface area contributed by atoms with Gasteiger partial charge in [-0.2, -0.15) is 0 Å². The molecule has 2 unspecified atom stereocenters. The van der Waals surface area contributed by atoms with E-state index in [0.29, 0.717) is 11.5 Å². The number of carbonyl (C=O) groups excluding carboxylic acids is 2. The fourth-order valence-corrected chi connectivity index (χ4v) is 4.70. The lowest BCUT2D eigenvalue weighted by Crippen LogP contribution is -2.48. The number of rotatable bonds is 13. The fourth-order valence-electron chi connectivity index (χ4n) is 4.70. The molecule has 218 valence electrons. The summed E-state index contributed by atoms with van der Waals surface area (Å²) in [7, 11) is 0. The summed E-state index contributed by atoms with van der Waals surface area (Å²) in [6.07, 6.45) is 0.406. The molecular weight excluding hydrogens is 524 g/mol. The van der Waals surface area contributed by atoms with E-state index in [9.17, 15) is 9.59 Å². The van der Waals surface area contributed by atoms with E-state index in [-0.39, 0.29) is 24.9 Å². The van der Waals surface area contributed by atoms with Gasteiger partial charge in [-0.25, -0.2) is 0 Å². The maximum atomic E-state index is 13.8. The number of anilines is 2. The molecule has 2 amide bonds. The Morgan fingerprint density at radius 1 is 0.548 bits per heavy atom. The number of hydrogen-bond acceptors (Lipinski definition) is 4. The van der Waals surface area contributed by atoms with Crippen molar-refractivity contribution in [3.05, 3.63) is 120 Å². The van der Waals surface area contributed by atoms with E-state index >= 15 is 0 Å². The molecule has 0 radical (unpaired) electrons. The molecule has 0 fully saturated rings. The monoisotopic (exact) mass is 564 g/mol. The van der Waals surface area contributed by atoms with Crippen molar-refractivity contribution >= 4 is 23.2 Å². The highest BCUT2D eigenvalue weighted by Crippen LogP contribution is 2.22. The Labute approximate surface area is 249 Å². The summed E-state index contributed by atoms with van der Waals surface area (Å²) >= 11 is 0. The molecule has 42 heavy (non-hydrogen) atoms. The zero-order valence-corrected chi connectivity index (χ0v) is 24.9. The van der Waals surface area contributed by atoms with Crippen LogP contribution in [0.1, 0.15) is 38.8 Å². The molecule has 0 aliphatic rings. The van der Waals surface area contributed by atoms with Crippen LogP contribution in [-0.2, 0) is 22.4 Å². The van der Waals surface area contributed by atoms with E-state index in [1.807, 2.05) is 109 Å². The van der Waals surface area contributed by atoms with Gasteiger partial charge in [-0.1, -0.05) is 74.5 Å². The molecule has 0 aliphatic heterocycles. The molecule has 2 atom stereocenters. The van der Waals surface area contributed by atoms with E-state index in [1.54, 1.807) is 23.6 Å². The fraction of sp³-hybridized carbons (Fsp3) is 0.278. The topological polar surface area (TPSA) is 59.1 Å². The normalized spacial score (nSPS) is 12.2. The molecule has 4 rings (SSSR count). The predicted octanol–water partition coefficient (Wildman–Crippen LogP) is 7.11. The third kappa shape index (κ3) is 8.00. The summed E-state index contributed by atoms with van der Waals surface area (Å²) in [6.45, 7) is 8.24. The van der Waals surface area contributed by atoms with Gasteiger partial charge in [-0.15, -0.1) is 0 Å². The number of amides is 2. The van der Waals surface area contributed by atoms with Crippen LogP contribution in [0.15, 0.2) is 109 Å². The Morgan fingerprint density at radius 3 is 1.19 bits per heavy atom. The molecule has 0 aromatic heterocycles. The maximum absolute atomic E-state index is 13.8. The van der Waals surface area contributed by atoms with Crippen LogP contribution in [-0.4, -0.2) is 37.1 Å². The van der Waals surface area contributed by atoms with Crippen molar-refractivity contribution in [2.45, 2.75) is 52.7 Å². The standard InChI is InChI=1S/C36H40N2O4/c1-5-29-17-21-33(22-18-29)41-27(3)35(39)37(31-13-9-7-10-14-31)25-26-38(32-15-11-8-12-16-32)36(40)28(4)42-34-23-19-30(6-2)20-24-34/h7-24,27-28H,5-6,25-26H2,1-4H3. The van der Waals surface area contributed by atoms with Gasteiger partial charge in [-0.05, 0) is 86.3 Å². The molecule has 0 bridgehead atoms. The first kappa shape index (κ1) is 30.4. The second-order valence-electron chi connectivity index (χ2n) is 10.2. The first-order chi connectivity index (χ1) is 20.4. The smallest absolute Gasteiger partial charge is 0.267 e. The number of aryl methyl sites for hydroxylation is 2. The van der Waals surface area contributed by atoms with Crippen LogP contribution in [0.25, 0.3) is 0 Å². The molecule has 0 N–H and O–H groups in total. The van der Waals surface area contributed by atoms with E-state index in [1.165, 1.54) is 11.1 Å². The Hall–Kier alpha value is -4.58. The van der Waals surface area contributed by atoms with Crippen molar-refractivity contribution in [1.82, 2.24) is 0 Å². The zero-order chi connectivity index (χ0) is 29.9. The highest BCUT2D eigenvalue weighted by atomic mass is 16.5. The minimum atomic E-state index is -0.730. The quantitative estimate of drug-likeness (QED) is 0.174. The highest BCUT2D eigenvalue weighted by molar-refractivity contribution is 5.98. The van der Waals surface area contributed by atoms with Crippen LogP contribution in [0.4, 0.5) is 11.4 Å². The summed E-state index contributed by atoms with van der Waals surface area (Å²) in [5.74, 6) is 0.892. The first-order valence-electron chi connectivity index (χ1n) is 14.6. The van der Waals surface area contributed by atoms with Crippen LogP contribution in [0.5, 0.6) is 11.5 Å². The van der Waals surface area contributed by atoms with E-state index in [0.717, 1.165) is 24.2 Å². The van der Waals surface area contributed by atoms with Crippen molar-refractivity contribution in [3.63, 3.8) is 0 Å². The highest BCUT2D eigenvalue weighted by Gasteiger charge is 2.28. The van der Waals surface area contributed by atoms with Crippen LogP contribution in [0.3, 0.4) is 0 Å². The van der Waals surface area contributed by atoms with Gasteiger partial charge in [-0.3, -0.25) is 9.59 Å². The molecule has 0 heterocycles. The van der Waals surface area contributed by atoms with Gasteiger partial charge in [0.25, 0.3) is 11.8 Å². The van der Waals surface area contributed by atoms with Gasteiger partial charge in [0.1, 0.15) is 11.5 Å². The lowest BCUT2D eigenvalue weighted by Gasteiger charge is -2.31. The number of ether oxygens (including phenoxy) is 2. The van der Waals surface area contributed by atoms with Crippen molar-refractivity contribution < 1.29 is 19.1 Å². The van der Waals surface area contributed by atoms with Crippen LogP contribution in [0.2, 0.25) is 0 Å². The SMILES string of the molecule is CCc1ccc(OC(C)C(=O)N(CCN(C(=O)C(C)Oc2ccc(CC)cc2)c2ccccc2)c2ccccc2)cc1. The molecule has 0 saturated heterocycles. The largest absolute Gasteiger partial charge is 0.481 e. The maximum Gasteiger partial charge on any atom is 0.267 e. The molecule has 4 aromatic carbocycles. The third-order valence-corrected chi connectivity index (χ3v) is 7.20. The van der Waals surface area contributed by atoms with E-state index < -0.39 is 12.2 Å². The Bertz CT molecular complexity index is 1300. The molecule has 0 saturated carbocycles. The summed E-state index contributed by atoms with van der Waals surface area (Å²) in [5.41, 5.74) is 3.88. The average Bonchev–Trinajstić information content (AvgIpc) is 3.04. The van der Waals surface area contributed by atoms with Crippen molar-refractivity contribution in [2.24, 2.45) is 0 Å². The van der Waals surface area contributed by atoms with E-state index in [2.05, 4.69) is 13.8 Å². The van der Waals surface area contributed by atoms with Crippen molar-refractivity contribution in [1.29, 1.82) is 0 Å². The third-order valence-electron chi connectivity index (χ3n) is 7.20. The minimum Gasteiger partial charge on any atom is -0.481 e. The van der Waals surface area contributed by atoms with E-state index in [4.69, 9.17) is 9.47 Å². The lowest BCUT2D eigenvalue weighted by atomic mass is 10.2. The van der Waals surface area contributed by atoms with Gasteiger partial charge in [0.2, 0.25) is 0 Å². The lowest BCUT2D eigenvalue weighted by molar-refractivity contribution is -0.126. The number of nitrogens with zero attached hydrogens (tertiary/aromatic N) is 2. The second kappa shape index (κ2) is 14.9. The molecule has 6 nitrogen and oxygen atoms in total. The Morgan fingerprint density at radius 2 is 0.881 bits per heavy atom. The summed E-state index contributed by atoms with van der Waals surface area (Å²) in [5, 5.41) is 0. The number of benzene rings is 4. The molecule has 0 spiro atoms. The van der Waals surface area contributed by atoms with Gasteiger partial charge in [0.05, 0.1) is 0 Å². The van der Waals surface area contributed by atoms with Crippen molar-refractivity contribution in [3.8, 4) is 11.5 Å². The van der Waals surface area contributed by atoms with Crippen LogP contribution < -0.4 is 19.3 Å². The van der Waals surface area contributed by atoms with Crippen LogP contribution >= 0.6 is 0 Å². The summed E-state index contributed by atoms with van der Waals surface area (Å²) in [4.78, 5) is 30.9. The van der Waals surface area contributed by atoms with Crippen LogP contribution in [0, 0.1) is 0 Å². The van der Waals surface area contributed by atoms with Gasteiger partial charge in [0.15, 0.2) is 12.2 Å². The molecule has 6 heteroatoms.